The third-order valence-electron chi connectivity index (χ3n) is 4.27. The molecule has 0 atom stereocenters. The van der Waals surface area contributed by atoms with Gasteiger partial charge in [0.05, 0.1) is 12.5 Å². The molecule has 0 aromatic heterocycles. The average molecular weight is 412 g/mol. The van der Waals surface area contributed by atoms with Crippen molar-refractivity contribution in [3.8, 4) is 0 Å². The minimum absolute atomic E-state index is 0.212. The van der Waals surface area contributed by atoms with Gasteiger partial charge in [-0.05, 0) is 56.0 Å². The fourth-order valence-electron chi connectivity index (χ4n) is 2.76. The Morgan fingerprint density at radius 2 is 1.84 bits per heavy atom. The molecule has 1 aliphatic rings. The molecule has 0 spiro atoms. The van der Waals surface area contributed by atoms with Gasteiger partial charge in [-0.3, -0.25) is 4.79 Å². The van der Waals surface area contributed by atoms with Crippen LogP contribution in [0.5, 0.6) is 0 Å². The van der Waals surface area contributed by atoms with Crippen molar-refractivity contribution in [1.29, 1.82) is 0 Å². The van der Waals surface area contributed by atoms with Crippen LogP contribution >= 0.6 is 15.9 Å². The number of carbonyl (C=O) groups excluding carboxylic acids is 2. The van der Waals surface area contributed by atoms with E-state index in [4.69, 9.17) is 9.47 Å². The van der Waals surface area contributed by atoms with Gasteiger partial charge in [-0.15, -0.1) is 0 Å². The van der Waals surface area contributed by atoms with Crippen LogP contribution in [0.4, 0.5) is 4.79 Å². The van der Waals surface area contributed by atoms with Crippen molar-refractivity contribution < 1.29 is 19.1 Å². The summed E-state index contributed by atoms with van der Waals surface area (Å²) < 4.78 is 10.8. The van der Waals surface area contributed by atoms with Crippen molar-refractivity contribution >= 4 is 28.1 Å². The first-order chi connectivity index (χ1) is 11.9. The minimum Gasteiger partial charge on any atom is -0.434 e. The molecule has 0 unspecified atom stereocenters. The van der Waals surface area contributed by atoms with Crippen LogP contribution in [-0.4, -0.2) is 43.3 Å². The summed E-state index contributed by atoms with van der Waals surface area (Å²) in [6, 6.07) is 8.35. The van der Waals surface area contributed by atoms with Gasteiger partial charge in [0.15, 0.2) is 0 Å². The summed E-state index contributed by atoms with van der Waals surface area (Å²) >= 11 is 3.44. The van der Waals surface area contributed by atoms with Crippen LogP contribution in [0.1, 0.15) is 32.3 Å². The zero-order valence-electron chi connectivity index (χ0n) is 14.9. The Morgan fingerprint density at radius 3 is 2.44 bits per heavy atom. The van der Waals surface area contributed by atoms with Crippen LogP contribution in [0, 0.1) is 11.8 Å². The highest BCUT2D eigenvalue weighted by Gasteiger charge is 2.28. The molecule has 1 aromatic carbocycles. The third-order valence-corrected chi connectivity index (χ3v) is 4.80. The normalized spacial score (nSPS) is 16.0. The van der Waals surface area contributed by atoms with E-state index in [9.17, 15) is 9.59 Å². The number of benzene rings is 1. The van der Waals surface area contributed by atoms with E-state index in [1.54, 1.807) is 0 Å². The quantitative estimate of drug-likeness (QED) is 0.522. The second-order valence-electron chi connectivity index (χ2n) is 6.87. The molecule has 1 saturated heterocycles. The number of ether oxygens (including phenoxy) is 2. The van der Waals surface area contributed by atoms with Crippen LogP contribution < -0.4 is 0 Å². The first-order valence-electron chi connectivity index (χ1n) is 8.79. The van der Waals surface area contributed by atoms with Crippen molar-refractivity contribution in [3.05, 3.63) is 34.3 Å². The predicted molar refractivity (Wildman–Crippen MR) is 99.3 cm³/mol. The molecule has 138 valence electrons. The summed E-state index contributed by atoms with van der Waals surface area (Å²) in [6.07, 6.45) is 1.55. The van der Waals surface area contributed by atoms with Gasteiger partial charge < -0.3 is 14.4 Å². The van der Waals surface area contributed by atoms with Gasteiger partial charge in [0.2, 0.25) is 0 Å². The number of nitrogens with zero attached hydrogens (tertiary/aromatic N) is 1. The van der Waals surface area contributed by atoms with Gasteiger partial charge in [0.1, 0.15) is 0 Å². The highest BCUT2D eigenvalue weighted by Crippen LogP contribution is 2.19. The second-order valence-corrected chi connectivity index (χ2v) is 7.78. The molecule has 5 nitrogen and oxygen atoms in total. The molecule has 0 aliphatic carbocycles. The fourth-order valence-corrected chi connectivity index (χ4v) is 3.02. The third kappa shape index (κ3) is 7.16. The van der Waals surface area contributed by atoms with Crippen LogP contribution in [0.25, 0.3) is 0 Å². The zero-order chi connectivity index (χ0) is 18.2. The first-order valence-corrected chi connectivity index (χ1v) is 9.58. The van der Waals surface area contributed by atoms with Gasteiger partial charge in [-0.1, -0.05) is 41.9 Å². The molecule has 1 aliphatic heterocycles. The Morgan fingerprint density at radius 1 is 1.20 bits per heavy atom. The summed E-state index contributed by atoms with van der Waals surface area (Å²) in [5, 5.41) is 0. The molecule has 0 saturated carbocycles. The molecular weight excluding hydrogens is 386 g/mol. The van der Waals surface area contributed by atoms with Crippen LogP contribution in [0.15, 0.2) is 28.7 Å². The Balaban J connectivity index is 1.67. The smallest absolute Gasteiger partial charge is 0.434 e. The number of piperidine rings is 1. The molecule has 6 heteroatoms. The maximum absolute atomic E-state index is 12.0. The highest BCUT2D eigenvalue weighted by molar-refractivity contribution is 9.10. The lowest BCUT2D eigenvalue weighted by Crippen LogP contribution is -2.38. The molecule has 1 aromatic rings. The van der Waals surface area contributed by atoms with E-state index in [2.05, 4.69) is 45.1 Å². The Kier molecular flexibility index (Phi) is 7.90. The molecule has 2 rings (SSSR count). The van der Waals surface area contributed by atoms with Gasteiger partial charge in [-0.2, -0.15) is 0 Å². The topological polar surface area (TPSA) is 55.8 Å². The average Bonchev–Trinajstić information content (AvgIpc) is 2.60. The van der Waals surface area contributed by atoms with Crippen molar-refractivity contribution in [2.75, 3.05) is 26.2 Å². The number of esters is 1. The van der Waals surface area contributed by atoms with Crippen LogP contribution in [-0.2, 0) is 20.7 Å². The standard InChI is InChI=1S/C19H26BrNO4/c1-14(2)13-24-19(23)25-18(22)16-8-11-21(12-9-16)10-7-15-3-5-17(20)6-4-15/h3-6,14,16H,7-13H2,1-2H3. The largest absolute Gasteiger partial charge is 0.516 e. The van der Waals surface area contributed by atoms with E-state index < -0.39 is 12.1 Å². The molecule has 0 amide bonds. The zero-order valence-corrected chi connectivity index (χ0v) is 16.5. The number of rotatable bonds is 6. The van der Waals surface area contributed by atoms with Crippen molar-refractivity contribution in [2.45, 2.75) is 33.1 Å². The fraction of sp³-hybridized carbons (Fsp3) is 0.579. The van der Waals surface area contributed by atoms with Crippen molar-refractivity contribution in [2.24, 2.45) is 11.8 Å². The molecule has 0 radical (unpaired) electrons. The highest BCUT2D eigenvalue weighted by atomic mass is 79.9. The Bertz CT molecular complexity index is 565. The predicted octanol–water partition coefficient (Wildman–Crippen LogP) is 4.04. The lowest BCUT2D eigenvalue weighted by molar-refractivity contribution is -0.146. The van der Waals surface area contributed by atoms with E-state index >= 15 is 0 Å². The lowest BCUT2D eigenvalue weighted by atomic mass is 9.97. The van der Waals surface area contributed by atoms with Crippen molar-refractivity contribution in [1.82, 2.24) is 4.90 Å². The van der Waals surface area contributed by atoms with Gasteiger partial charge in [0.25, 0.3) is 0 Å². The number of likely N-dealkylation sites (tertiary alicyclic amines) is 1. The maximum Gasteiger partial charge on any atom is 0.516 e. The Labute approximate surface area is 157 Å². The second kappa shape index (κ2) is 9.92. The lowest BCUT2D eigenvalue weighted by Gasteiger charge is -2.30. The van der Waals surface area contributed by atoms with E-state index in [1.807, 2.05) is 13.8 Å². The molecule has 25 heavy (non-hydrogen) atoms. The SMILES string of the molecule is CC(C)COC(=O)OC(=O)C1CCN(CCc2ccc(Br)cc2)CC1. The van der Waals surface area contributed by atoms with E-state index in [1.165, 1.54) is 5.56 Å². The number of halogens is 1. The van der Waals surface area contributed by atoms with Crippen LogP contribution in [0.3, 0.4) is 0 Å². The van der Waals surface area contributed by atoms with E-state index in [0.29, 0.717) is 0 Å². The van der Waals surface area contributed by atoms with Crippen molar-refractivity contribution in [3.63, 3.8) is 0 Å². The number of carbonyl (C=O) groups is 2. The van der Waals surface area contributed by atoms with Gasteiger partial charge >= 0.3 is 12.1 Å². The maximum atomic E-state index is 12.0. The number of hydrogen-bond donors (Lipinski definition) is 0. The first kappa shape index (κ1) is 19.9. The van der Waals surface area contributed by atoms with E-state index in [-0.39, 0.29) is 18.4 Å². The molecule has 0 N–H and O–H groups in total. The summed E-state index contributed by atoms with van der Waals surface area (Å²) in [6.45, 7) is 6.79. The van der Waals surface area contributed by atoms with Gasteiger partial charge in [0, 0.05) is 11.0 Å². The van der Waals surface area contributed by atoms with E-state index in [0.717, 1.165) is 43.4 Å². The molecule has 0 bridgehead atoms. The monoisotopic (exact) mass is 411 g/mol. The summed E-state index contributed by atoms with van der Waals surface area (Å²) in [4.78, 5) is 25.8. The Hall–Kier alpha value is -1.40. The summed E-state index contributed by atoms with van der Waals surface area (Å²) in [5.41, 5.74) is 1.30. The van der Waals surface area contributed by atoms with Gasteiger partial charge in [-0.25, -0.2) is 4.79 Å². The summed E-state index contributed by atoms with van der Waals surface area (Å²) in [5.74, 6) is -0.450. The number of hydrogen-bond acceptors (Lipinski definition) is 5. The summed E-state index contributed by atoms with van der Waals surface area (Å²) in [7, 11) is 0. The minimum atomic E-state index is -0.878. The molecular formula is C19H26BrNO4. The molecule has 1 fully saturated rings. The molecule has 1 heterocycles. The van der Waals surface area contributed by atoms with Crippen LogP contribution in [0.2, 0.25) is 0 Å².